The summed E-state index contributed by atoms with van der Waals surface area (Å²) >= 11 is 0. The monoisotopic (exact) mass is 386 g/mol. The molecule has 27 heavy (non-hydrogen) atoms. The number of nitrogens with one attached hydrogen (secondary N) is 1. The number of amides is 1. The number of carboxylic acids is 1. The summed E-state index contributed by atoms with van der Waals surface area (Å²) in [5, 5.41) is 11.6. The number of halogens is 3. The molecular weight excluding hydrogens is 361 g/mol. The predicted molar refractivity (Wildman–Crippen MR) is 93.8 cm³/mol. The number of likely N-dealkylation sites (tertiary alicyclic amines) is 1. The Morgan fingerprint density at radius 2 is 1.85 bits per heavy atom. The summed E-state index contributed by atoms with van der Waals surface area (Å²) in [4.78, 5) is 25.4. The van der Waals surface area contributed by atoms with Crippen LogP contribution in [-0.2, 0) is 16.1 Å². The lowest BCUT2D eigenvalue weighted by Crippen LogP contribution is -2.47. The molecule has 2 N–H and O–H groups in total. The van der Waals surface area contributed by atoms with Crippen molar-refractivity contribution in [2.75, 3.05) is 13.1 Å². The maximum atomic E-state index is 13.5. The minimum absolute atomic E-state index is 0.0111. The van der Waals surface area contributed by atoms with E-state index in [1.807, 2.05) is 18.2 Å². The van der Waals surface area contributed by atoms with E-state index in [2.05, 4.69) is 5.32 Å². The Morgan fingerprint density at radius 1 is 1.22 bits per heavy atom. The third-order valence-electron chi connectivity index (χ3n) is 4.72. The number of aliphatic carboxylic acids is 1. The molecule has 1 fully saturated rings. The fraction of sp³-hybridized carbons (Fsp3) is 0.579. The quantitative estimate of drug-likeness (QED) is 0.756. The van der Waals surface area contributed by atoms with Crippen LogP contribution in [0.25, 0.3) is 0 Å². The first kappa shape index (κ1) is 21.2. The number of alkyl halides is 3. The molecule has 0 bridgehead atoms. The summed E-state index contributed by atoms with van der Waals surface area (Å²) in [6, 6.07) is 7.89. The van der Waals surface area contributed by atoms with Gasteiger partial charge in [0.25, 0.3) is 0 Å². The van der Waals surface area contributed by atoms with E-state index in [0.717, 1.165) is 5.56 Å². The van der Waals surface area contributed by atoms with Crippen LogP contribution >= 0.6 is 0 Å². The summed E-state index contributed by atoms with van der Waals surface area (Å²) in [7, 11) is 0. The molecule has 3 atom stereocenters. The maximum Gasteiger partial charge on any atom is 0.393 e. The molecule has 0 aliphatic carbocycles. The Balaban J connectivity index is 2.11. The van der Waals surface area contributed by atoms with Gasteiger partial charge in [0.1, 0.15) is 6.04 Å². The topological polar surface area (TPSA) is 69.6 Å². The van der Waals surface area contributed by atoms with E-state index in [4.69, 9.17) is 0 Å². The Hall–Kier alpha value is -2.09. The summed E-state index contributed by atoms with van der Waals surface area (Å²) in [6.45, 7) is 3.55. The average molecular weight is 386 g/mol. The van der Waals surface area contributed by atoms with Crippen molar-refractivity contribution in [3.05, 3.63) is 35.9 Å². The van der Waals surface area contributed by atoms with E-state index in [9.17, 15) is 27.9 Å². The van der Waals surface area contributed by atoms with Crippen molar-refractivity contribution in [1.82, 2.24) is 10.2 Å². The first-order valence-corrected chi connectivity index (χ1v) is 8.94. The Kier molecular flexibility index (Phi) is 6.86. The SMILES string of the molecule is CC(C)C[C@H](NC(=O)[C@@H]1CN(Cc2ccccc2)C[C@H]1C(F)(F)F)C(=O)O. The van der Waals surface area contributed by atoms with E-state index in [-0.39, 0.29) is 25.4 Å². The molecule has 0 aromatic heterocycles. The zero-order chi connectivity index (χ0) is 20.2. The zero-order valence-corrected chi connectivity index (χ0v) is 15.4. The summed E-state index contributed by atoms with van der Waals surface area (Å²) in [5.41, 5.74) is 0.864. The number of benzene rings is 1. The highest BCUT2D eigenvalue weighted by Gasteiger charge is 2.52. The molecule has 0 saturated carbocycles. The van der Waals surface area contributed by atoms with Crippen molar-refractivity contribution in [2.45, 2.75) is 39.0 Å². The second-order valence-corrected chi connectivity index (χ2v) is 7.46. The van der Waals surface area contributed by atoms with Crippen LogP contribution in [0.5, 0.6) is 0 Å². The molecule has 2 rings (SSSR count). The first-order chi connectivity index (χ1) is 12.6. The molecule has 1 aromatic rings. The lowest BCUT2D eigenvalue weighted by molar-refractivity contribution is -0.183. The van der Waals surface area contributed by atoms with E-state index in [1.54, 1.807) is 30.9 Å². The summed E-state index contributed by atoms with van der Waals surface area (Å²) < 4.78 is 40.4. The highest BCUT2D eigenvalue weighted by molar-refractivity contribution is 5.85. The molecule has 1 aliphatic heterocycles. The van der Waals surface area contributed by atoms with Crippen molar-refractivity contribution >= 4 is 11.9 Å². The number of carbonyl (C=O) groups is 2. The lowest BCUT2D eigenvalue weighted by atomic mass is 9.93. The van der Waals surface area contributed by atoms with Gasteiger partial charge in [0, 0.05) is 19.6 Å². The van der Waals surface area contributed by atoms with Gasteiger partial charge in [-0.25, -0.2) is 4.79 Å². The van der Waals surface area contributed by atoms with E-state index < -0.39 is 35.9 Å². The van der Waals surface area contributed by atoms with Gasteiger partial charge in [0.2, 0.25) is 5.91 Å². The van der Waals surface area contributed by atoms with Gasteiger partial charge in [-0.05, 0) is 17.9 Å². The number of rotatable bonds is 7. The third-order valence-corrected chi connectivity index (χ3v) is 4.72. The molecule has 0 radical (unpaired) electrons. The average Bonchev–Trinajstić information content (AvgIpc) is 2.99. The van der Waals surface area contributed by atoms with Gasteiger partial charge in [-0.2, -0.15) is 13.2 Å². The van der Waals surface area contributed by atoms with Crippen LogP contribution in [0.15, 0.2) is 30.3 Å². The Labute approximate surface area is 156 Å². The highest BCUT2D eigenvalue weighted by Crippen LogP contribution is 2.38. The molecule has 0 unspecified atom stereocenters. The molecule has 5 nitrogen and oxygen atoms in total. The van der Waals surface area contributed by atoms with E-state index >= 15 is 0 Å². The van der Waals surface area contributed by atoms with E-state index in [1.165, 1.54) is 0 Å². The lowest BCUT2D eigenvalue weighted by Gasteiger charge is -2.23. The van der Waals surface area contributed by atoms with Crippen LogP contribution in [0.1, 0.15) is 25.8 Å². The van der Waals surface area contributed by atoms with Crippen LogP contribution in [-0.4, -0.2) is 47.2 Å². The van der Waals surface area contributed by atoms with Crippen molar-refractivity contribution in [1.29, 1.82) is 0 Å². The minimum atomic E-state index is -4.52. The molecule has 1 aromatic carbocycles. The molecular formula is C19H25F3N2O3. The van der Waals surface area contributed by atoms with Crippen molar-refractivity contribution in [2.24, 2.45) is 17.8 Å². The smallest absolute Gasteiger partial charge is 0.393 e. The molecule has 1 amide bonds. The number of nitrogens with zero attached hydrogens (tertiary/aromatic N) is 1. The molecule has 0 spiro atoms. The van der Waals surface area contributed by atoms with Crippen LogP contribution in [0.4, 0.5) is 13.2 Å². The van der Waals surface area contributed by atoms with Gasteiger partial charge in [0.15, 0.2) is 0 Å². The number of carboxylic acid groups (broad SMARTS) is 1. The van der Waals surface area contributed by atoms with Crippen molar-refractivity contribution in [3.8, 4) is 0 Å². The number of carbonyl (C=O) groups excluding carboxylic acids is 1. The number of hydrogen-bond acceptors (Lipinski definition) is 3. The van der Waals surface area contributed by atoms with Crippen LogP contribution in [0.2, 0.25) is 0 Å². The number of hydrogen-bond donors (Lipinski definition) is 2. The van der Waals surface area contributed by atoms with Gasteiger partial charge in [-0.15, -0.1) is 0 Å². The Morgan fingerprint density at radius 3 is 2.37 bits per heavy atom. The third kappa shape index (κ3) is 5.95. The fourth-order valence-electron chi connectivity index (χ4n) is 3.42. The van der Waals surface area contributed by atoms with Gasteiger partial charge in [-0.1, -0.05) is 44.2 Å². The summed E-state index contributed by atoms with van der Waals surface area (Å²) in [5.74, 6) is -5.22. The minimum Gasteiger partial charge on any atom is -0.480 e. The zero-order valence-electron chi connectivity index (χ0n) is 15.4. The molecule has 8 heteroatoms. The molecule has 1 saturated heterocycles. The standard InChI is InChI=1S/C19H25F3N2O3/c1-12(2)8-16(18(26)27)23-17(25)14-10-24(11-15(14)19(20,21)22)9-13-6-4-3-5-7-13/h3-7,12,14-16H,8-11H2,1-2H3,(H,23,25)(H,26,27)/t14-,15-,16+/m1/s1. The highest BCUT2D eigenvalue weighted by atomic mass is 19.4. The normalized spacial score (nSPS) is 22.0. The second-order valence-electron chi connectivity index (χ2n) is 7.46. The van der Waals surface area contributed by atoms with Crippen molar-refractivity contribution in [3.63, 3.8) is 0 Å². The second kappa shape index (κ2) is 8.73. The predicted octanol–water partition coefficient (Wildman–Crippen LogP) is 2.91. The van der Waals surface area contributed by atoms with Gasteiger partial charge in [-0.3, -0.25) is 9.69 Å². The van der Waals surface area contributed by atoms with Gasteiger partial charge in [0.05, 0.1) is 11.8 Å². The largest absolute Gasteiger partial charge is 0.480 e. The molecule has 150 valence electrons. The van der Waals surface area contributed by atoms with Gasteiger partial charge >= 0.3 is 12.1 Å². The fourth-order valence-corrected chi connectivity index (χ4v) is 3.42. The van der Waals surface area contributed by atoms with Crippen molar-refractivity contribution < 1.29 is 27.9 Å². The Bertz CT molecular complexity index is 649. The molecule has 1 heterocycles. The van der Waals surface area contributed by atoms with Crippen LogP contribution in [0, 0.1) is 17.8 Å². The maximum absolute atomic E-state index is 13.5. The molecule has 1 aliphatic rings. The van der Waals surface area contributed by atoms with Gasteiger partial charge < -0.3 is 10.4 Å². The van der Waals surface area contributed by atoms with Crippen LogP contribution in [0.3, 0.4) is 0 Å². The van der Waals surface area contributed by atoms with Crippen LogP contribution < -0.4 is 5.32 Å². The first-order valence-electron chi connectivity index (χ1n) is 8.94. The summed E-state index contributed by atoms with van der Waals surface area (Å²) in [6.07, 6.45) is -4.36. The van der Waals surface area contributed by atoms with E-state index in [0.29, 0.717) is 6.54 Å².